The van der Waals surface area contributed by atoms with Crippen LogP contribution in [0.25, 0.3) is 11.1 Å². The van der Waals surface area contributed by atoms with Crippen LogP contribution in [0.15, 0.2) is 72.8 Å². The molecule has 0 atom stereocenters. The first-order valence-corrected chi connectivity index (χ1v) is 12.5. The fourth-order valence-corrected chi connectivity index (χ4v) is 4.23. The lowest BCUT2D eigenvalue weighted by Gasteiger charge is -2.14. The Hall–Kier alpha value is -4.98. The van der Waals surface area contributed by atoms with Crippen LogP contribution in [-0.4, -0.2) is 40.3 Å². The zero-order chi connectivity index (χ0) is 28.8. The van der Waals surface area contributed by atoms with E-state index in [1.54, 1.807) is 64.8 Å². The van der Waals surface area contributed by atoms with Crippen molar-refractivity contribution in [1.29, 1.82) is 0 Å². The van der Waals surface area contributed by atoms with Crippen molar-refractivity contribution in [2.75, 3.05) is 39.1 Å². The first-order valence-electron chi connectivity index (χ1n) is 12.5. The van der Waals surface area contributed by atoms with E-state index in [4.69, 9.17) is 18.9 Å². The molecular weight excluding hydrogens is 508 g/mol. The Balaban J connectivity index is 1.50. The van der Waals surface area contributed by atoms with E-state index in [0.29, 0.717) is 45.5 Å². The number of benzene rings is 4. The lowest BCUT2D eigenvalue weighted by atomic mass is 9.99. The van der Waals surface area contributed by atoms with E-state index in [1.165, 1.54) is 0 Å². The molecular formula is C32H32N2O6. The van der Waals surface area contributed by atoms with Crippen LogP contribution < -0.4 is 29.6 Å². The monoisotopic (exact) mass is 540 g/mol. The third kappa shape index (κ3) is 6.35. The van der Waals surface area contributed by atoms with Gasteiger partial charge in [0.15, 0.2) is 0 Å². The summed E-state index contributed by atoms with van der Waals surface area (Å²) in [6.45, 7) is 3.88. The molecule has 0 saturated heterocycles. The number of anilines is 2. The summed E-state index contributed by atoms with van der Waals surface area (Å²) < 4.78 is 21.1. The molecule has 40 heavy (non-hydrogen) atoms. The van der Waals surface area contributed by atoms with Gasteiger partial charge in [-0.3, -0.25) is 9.59 Å². The molecule has 0 bridgehead atoms. The van der Waals surface area contributed by atoms with Crippen molar-refractivity contribution >= 4 is 23.2 Å². The molecule has 0 fully saturated rings. The van der Waals surface area contributed by atoms with Crippen molar-refractivity contribution in [1.82, 2.24) is 0 Å². The van der Waals surface area contributed by atoms with Crippen LogP contribution in [0, 0.1) is 13.8 Å². The number of hydrogen-bond donors (Lipinski definition) is 2. The number of methoxy groups -OCH3 is 4. The molecule has 0 aliphatic carbocycles. The Labute approximate surface area is 233 Å². The highest BCUT2D eigenvalue weighted by Gasteiger charge is 2.14. The topological polar surface area (TPSA) is 95.1 Å². The summed E-state index contributed by atoms with van der Waals surface area (Å²) in [6, 6.07) is 21.7. The van der Waals surface area contributed by atoms with Crippen LogP contribution in [-0.2, 0) is 0 Å². The predicted octanol–water partition coefficient (Wildman–Crippen LogP) is 6.51. The van der Waals surface area contributed by atoms with E-state index in [0.717, 1.165) is 22.3 Å². The van der Waals surface area contributed by atoms with Gasteiger partial charge in [0, 0.05) is 34.6 Å². The summed E-state index contributed by atoms with van der Waals surface area (Å²) in [5.74, 6) is 1.62. The van der Waals surface area contributed by atoms with E-state index < -0.39 is 0 Å². The fraction of sp³-hybridized carbons (Fsp3) is 0.188. The molecule has 2 amide bonds. The van der Waals surface area contributed by atoms with E-state index in [1.807, 2.05) is 50.2 Å². The smallest absolute Gasteiger partial charge is 0.255 e. The van der Waals surface area contributed by atoms with Crippen LogP contribution in [0.3, 0.4) is 0 Å². The van der Waals surface area contributed by atoms with Crippen molar-refractivity contribution in [3.05, 3.63) is 95.1 Å². The average molecular weight is 541 g/mol. The zero-order valence-electron chi connectivity index (χ0n) is 23.4. The third-order valence-corrected chi connectivity index (χ3v) is 6.51. The highest BCUT2D eigenvalue weighted by molar-refractivity contribution is 6.06. The Morgan fingerprint density at radius 1 is 0.500 bits per heavy atom. The summed E-state index contributed by atoms with van der Waals surface area (Å²) in [5.41, 5.74) is 6.04. The number of nitrogens with one attached hydrogen (secondary N) is 2. The molecule has 0 heterocycles. The molecule has 4 rings (SSSR count). The van der Waals surface area contributed by atoms with Gasteiger partial charge in [0.1, 0.15) is 23.0 Å². The van der Waals surface area contributed by atoms with Crippen molar-refractivity contribution in [2.45, 2.75) is 13.8 Å². The fourth-order valence-electron chi connectivity index (χ4n) is 4.23. The molecule has 0 aliphatic heterocycles. The molecule has 206 valence electrons. The van der Waals surface area contributed by atoms with Crippen LogP contribution in [0.4, 0.5) is 11.4 Å². The molecule has 0 spiro atoms. The van der Waals surface area contributed by atoms with Gasteiger partial charge in [0.25, 0.3) is 11.8 Å². The number of carbonyl (C=O) groups excluding carboxylic acids is 2. The zero-order valence-corrected chi connectivity index (χ0v) is 23.4. The summed E-state index contributed by atoms with van der Waals surface area (Å²) >= 11 is 0. The van der Waals surface area contributed by atoms with Crippen molar-refractivity contribution in [3.63, 3.8) is 0 Å². The quantitative estimate of drug-likeness (QED) is 0.251. The van der Waals surface area contributed by atoms with Crippen LogP contribution in [0.1, 0.15) is 31.8 Å². The van der Waals surface area contributed by atoms with Gasteiger partial charge in [-0.15, -0.1) is 0 Å². The van der Waals surface area contributed by atoms with Gasteiger partial charge in [0.2, 0.25) is 0 Å². The maximum Gasteiger partial charge on any atom is 0.255 e. The molecule has 0 saturated carbocycles. The van der Waals surface area contributed by atoms with Gasteiger partial charge in [-0.05, 0) is 84.6 Å². The predicted molar refractivity (Wildman–Crippen MR) is 156 cm³/mol. The van der Waals surface area contributed by atoms with Crippen LogP contribution in [0.2, 0.25) is 0 Å². The first-order chi connectivity index (χ1) is 19.2. The average Bonchev–Trinajstić information content (AvgIpc) is 2.98. The van der Waals surface area contributed by atoms with Crippen LogP contribution in [0.5, 0.6) is 23.0 Å². The molecule has 0 aliphatic rings. The maximum absolute atomic E-state index is 12.9. The normalized spacial score (nSPS) is 10.4. The molecule has 0 radical (unpaired) electrons. The minimum absolute atomic E-state index is 0.266. The second kappa shape index (κ2) is 12.3. The van der Waals surface area contributed by atoms with Gasteiger partial charge < -0.3 is 29.6 Å². The van der Waals surface area contributed by atoms with E-state index >= 15 is 0 Å². The number of aryl methyl sites for hydroxylation is 2. The Kier molecular flexibility index (Phi) is 8.59. The van der Waals surface area contributed by atoms with Crippen molar-refractivity contribution in [2.24, 2.45) is 0 Å². The highest BCUT2D eigenvalue weighted by atomic mass is 16.5. The third-order valence-electron chi connectivity index (χ3n) is 6.51. The first kappa shape index (κ1) is 28.0. The minimum Gasteiger partial charge on any atom is -0.497 e. The second-order valence-electron chi connectivity index (χ2n) is 9.17. The Morgan fingerprint density at radius 2 is 0.825 bits per heavy atom. The number of hydrogen-bond acceptors (Lipinski definition) is 6. The summed E-state index contributed by atoms with van der Waals surface area (Å²) in [4.78, 5) is 25.9. The van der Waals surface area contributed by atoms with E-state index in [-0.39, 0.29) is 11.8 Å². The maximum atomic E-state index is 12.9. The molecule has 8 heteroatoms. The molecule has 2 N–H and O–H groups in total. The molecule has 4 aromatic rings. The van der Waals surface area contributed by atoms with Gasteiger partial charge >= 0.3 is 0 Å². The van der Waals surface area contributed by atoms with Gasteiger partial charge in [-0.1, -0.05) is 12.1 Å². The van der Waals surface area contributed by atoms with Crippen LogP contribution >= 0.6 is 0 Å². The largest absolute Gasteiger partial charge is 0.497 e. The number of rotatable bonds is 9. The Bertz CT molecular complexity index is 1400. The molecule has 4 aromatic carbocycles. The summed E-state index contributed by atoms with van der Waals surface area (Å²) in [6.07, 6.45) is 0. The van der Waals surface area contributed by atoms with E-state index in [2.05, 4.69) is 10.6 Å². The number of ether oxygens (including phenoxy) is 4. The lowest BCUT2D eigenvalue weighted by Crippen LogP contribution is -2.13. The van der Waals surface area contributed by atoms with Gasteiger partial charge in [0.05, 0.1) is 28.4 Å². The summed E-state index contributed by atoms with van der Waals surface area (Å²) in [7, 11) is 6.17. The standard InChI is InChI=1S/C32H32N2O6/c1-19-11-21(7-9-29(19)33-31(35)23-13-25(37-3)17-26(14-23)38-4)22-8-10-30(20(2)12-22)34-32(36)24-15-27(39-5)18-28(16-24)40-6/h7-18H,1-6H3,(H,33,35)(H,34,36). The van der Waals surface area contributed by atoms with Crippen molar-refractivity contribution < 1.29 is 28.5 Å². The van der Waals surface area contributed by atoms with Gasteiger partial charge in [-0.2, -0.15) is 0 Å². The number of carbonyl (C=O) groups is 2. The number of amides is 2. The van der Waals surface area contributed by atoms with Gasteiger partial charge in [-0.25, -0.2) is 0 Å². The molecule has 0 unspecified atom stereocenters. The molecule has 8 nitrogen and oxygen atoms in total. The SMILES string of the molecule is COc1cc(OC)cc(C(=O)Nc2ccc(-c3ccc(NC(=O)c4cc(OC)cc(OC)c4)c(C)c3)cc2C)c1. The lowest BCUT2D eigenvalue weighted by molar-refractivity contribution is 0.101. The second-order valence-corrected chi connectivity index (χ2v) is 9.17. The minimum atomic E-state index is -0.266. The Morgan fingerprint density at radius 3 is 1.10 bits per heavy atom. The summed E-state index contributed by atoms with van der Waals surface area (Å²) in [5, 5.41) is 5.93. The molecule has 0 aromatic heterocycles. The van der Waals surface area contributed by atoms with Crippen molar-refractivity contribution in [3.8, 4) is 34.1 Å². The van der Waals surface area contributed by atoms with E-state index in [9.17, 15) is 9.59 Å². The highest BCUT2D eigenvalue weighted by Crippen LogP contribution is 2.30.